The smallest absolute Gasteiger partial charge is 0.242 e. The first-order chi connectivity index (χ1) is 18.2. The van der Waals surface area contributed by atoms with E-state index in [-0.39, 0.29) is 42.5 Å². The van der Waals surface area contributed by atoms with Gasteiger partial charge in [-0.25, -0.2) is 13.1 Å². The molecule has 13 heteroatoms. The Hall–Kier alpha value is -3.13. The van der Waals surface area contributed by atoms with Crippen LogP contribution in [-0.2, 0) is 32.7 Å². The van der Waals surface area contributed by atoms with Crippen molar-refractivity contribution in [2.45, 2.75) is 56.9 Å². The van der Waals surface area contributed by atoms with Gasteiger partial charge in [0.2, 0.25) is 15.9 Å². The fraction of sp³-hybridized carbons (Fsp3) is 0.520. The number of rotatable bonds is 7. The Morgan fingerprint density at radius 2 is 2.03 bits per heavy atom. The molecule has 0 fully saturated rings. The number of aromatic nitrogens is 5. The van der Waals surface area contributed by atoms with Gasteiger partial charge in [0.15, 0.2) is 0 Å². The number of hydrogen-bond acceptors (Lipinski definition) is 8. The van der Waals surface area contributed by atoms with Crippen LogP contribution in [0, 0.1) is 5.92 Å². The standard InChI is InChI=1S/C25H35N7O5S/c1-19-14-31(20(2)17-33)25(34)6-4-12-30-15-21(27-28-30)18-37-24(19)16-29(3)38(35,36)23-9-7-22(8-10-23)32-13-5-11-26-32/h5,7-11,13,15,19-20,24,33H,4,6,12,14,16-18H2,1-3H3/t19-,20+,24+/m1/s1. The van der Waals surface area contributed by atoms with E-state index in [4.69, 9.17) is 4.74 Å². The van der Waals surface area contributed by atoms with Gasteiger partial charge in [0.1, 0.15) is 5.69 Å². The second-order valence-electron chi connectivity index (χ2n) is 9.71. The number of sulfonamides is 1. The van der Waals surface area contributed by atoms with E-state index in [1.54, 1.807) is 70.1 Å². The average Bonchev–Trinajstić information content (AvgIpc) is 3.61. The van der Waals surface area contributed by atoms with Crippen molar-refractivity contribution in [3.8, 4) is 5.69 Å². The second-order valence-corrected chi connectivity index (χ2v) is 11.8. The molecule has 0 saturated heterocycles. The van der Waals surface area contributed by atoms with Crippen molar-refractivity contribution < 1.29 is 23.1 Å². The Morgan fingerprint density at radius 1 is 1.26 bits per heavy atom. The molecule has 0 saturated carbocycles. The second kappa shape index (κ2) is 12.2. The van der Waals surface area contributed by atoms with Gasteiger partial charge < -0.3 is 14.7 Å². The molecule has 1 N–H and O–H groups in total. The topological polar surface area (TPSA) is 136 Å². The number of carbonyl (C=O) groups is 1. The SMILES string of the molecule is C[C@@H]1CN([C@@H](C)CO)C(=O)CCCn2cc(nn2)CO[C@H]1CN(C)S(=O)(=O)c1ccc(-n2cccn2)cc1. The third-order valence-corrected chi connectivity index (χ3v) is 8.63. The Balaban J connectivity index is 1.55. The van der Waals surface area contributed by atoms with Crippen LogP contribution in [0.2, 0.25) is 0 Å². The molecule has 3 atom stereocenters. The van der Waals surface area contributed by atoms with Crippen LogP contribution in [0.15, 0.2) is 53.8 Å². The summed E-state index contributed by atoms with van der Waals surface area (Å²) in [6, 6.07) is 7.94. The maximum Gasteiger partial charge on any atom is 0.242 e. The highest BCUT2D eigenvalue weighted by molar-refractivity contribution is 7.89. The van der Waals surface area contributed by atoms with Gasteiger partial charge in [-0.15, -0.1) is 5.10 Å². The molecule has 1 aliphatic heterocycles. The molecule has 12 nitrogen and oxygen atoms in total. The van der Waals surface area contributed by atoms with Crippen molar-refractivity contribution in [1.82, 2.24) is 34.0 Å². The lowest BCUT2D eigenvalue weighted by Crippen LogP contribution is -2.47. The summed E-state index contributed by atoms with van der Waals surface area (Å²) in [5.74, 6) is -0.307. The number of nitrogens with zero attached hydrogens (tertiary/aromatic N) is 7. The maximum atomic E-state index is 13.4. The summed E-state index contributed by atoms with van der Waals surface area (Å²) in [7, 11) is -2.30. The lowest BCUT2D eigenvalue weighted by atomic mass is 10.0. The minimum atomic E-state index is -3.82. The van der Waals surface area contributed by atoms with Crippen LogP contribution in [0.3, 0.4) is 0 Å². The molecule has 0 spiro atoms. The molecule has 1 aromatic carbocycles. The van der Waals surface area contributed by atoms with Crippen LogP contribution in [0.25, 0.3) is 5.69 Å². The largest absolute Gasteiger partial charge is 0.394 e. The quantitative estimate of drug-likeness (QED) is 0.469. The lowest BCUT2D eigenvalue weighted by molar-refractivity contribution is -0.136. The fourth-order valence-electron chi connectivity index (χ4n) is 4.42. The Labute approximate surface area is 222 Å². The van der Waals surface area contributed by atoms with Gasteiger partial charge >= 0.3 is 0 Å². The molecule has 0 unspecified atom stereocenters. The lowest BCUT2D eigenvalue weighted by Gasteiger charge is -2.35. The molecule has 2 bridgehead atoms. The van der Waals surface area contributed by atoms with E-state index in [2.05, 4.69) is 15.4 Å². The van der Waals surface area contributed by atoms with Gasteiger partial charge in [0, 0.05) is 51.4 Å². The molecule has 3 heterocycles. The number of carbonyl (C=O) groups excluding carboxylic acids is 1. The fourth-order valence-corrected chi connectivity index (χ4v) is 5.60. The maximum absolute atomic E-state index is 13.4. The van der Waals surface area contributed by atoms with Crippen LogP contribution < -0.4 is 0 Å². The Kier molecular flexibility index (Phi) is 8.92. The van der Waals surface area contributed by atoms with Crippen LogP contribution >= 0.6 is 0 Å². The summed E-state index contributed by atoms with van der Waals surface area (Å²) in [6.07, 6.45) is 5.56. The molecule has 1 aliphatic rings. The molecule has 4 rings (SSSR count). The van der Waals surface area contributed by atoms with Crippen molar-refractivity contribution >= 4 is 15.9 Å². The number of aliphatic hydroxyl groups is 1. The van der Waals surface area contributed by atoms with Crippen LogP contribution in [0.1, 0.15) is 32.4 Å². The minimum absolute atomic E-state index is 0.0636. The average molecular weight is 546 g/mol. The van der Waals surface area contributed by atoms with Gasteiger partial charge in [0.05, 0.1) is 42.1 Å². The van der Waals surface area contributed by atoms with Crippen molar-refractivity contribution in [2.75, 3.05) is 26.7 Å². The predicted molar refractivity (Wildman–Crippen MR) is 139 cm³/mol. The third kappa shape index (κ3) is 6.46. The normalized spacial score (nSPS) is 20.6. The zero-order valence-electron chi connectivity index (χ0n) is 21.9. The zero-order valence-corrected chi connectivity index (χ0v) is 22.7. The summed E-state index contributed by atoms with van der Waals surface area (Å²) in [4.78, 5) is 14.8. The highest BCUT2D eigenvalue weighted by atomic mass is 32.2. The van der Waals surface area contributed by atoms with Crippen LogP contribution in [0.4, 0.5) is 0 Å². The highest BCUT2D eigenvalue weighted by Crippen LogP contribution is 2.21. The molecule has 3 aromatic rings. The molecular formula is C25H35N7O5S. The monoisotopic (exact) mass is 545 g/mol. The molecule has 1 amide bonds. The summed E-state index contributed by atoms with van der Waals surface area (Å²) < 4.78 is 37.7. The zero-order chi connectivity index (χ0) is 27.3. The number of amides is 1. The van der Waals surface area contributed by atoms with Gasteiger partial charge in [-0.3, -0.25) is 9.48 Å². The molecule has 2 aromatic heterocycles. The third-order valence-electron chi connectivity index (χ3n) is 6.80. The van der Waals surface area contributed by atoms with Gasteiger partial charge in [-0.05, 0) is 43.7 Å². The number of likely N-dealkylation sites (N-methyl/N-ethyl adjacent to an activating group) is 1. The van der Waals surface area contributed by atoms with Crippen molar-refractivity contribution in [3.63, 3.8) is 0 Å². The van der Waals surface area contributed by atoms with E-state index in [1.165, 1.54) is 11.4 Å². The van der Waals surface area contributed by atoms with E-state index >= 15 is 0 Å². The first-order valence-electron chi connectivity index (χ1n) is 12.7. The van der Waals surface area contributed by atoms with Crippen molar-refractivity contribution in [2.24, 2.45) is 5.92 Å². The molecule has 0 radical (unpaired) electrons. The number of ether oxygens (including phenoxy) is 1. The number of benzene rings is 1. The van der Waals surface area contributed by atoms with E-state index < -0.39 is 16.1 Å². The van der Waals surface area contributed by atoms with Crippen molar-refractivity contribution in [1.29, 1.82) is 0 Å². The van der Waals surface area contributed by atoms with E-state index in [9.17, 15) is 18.3 Å². The summed E-state index contributed by atoms with van der Waals surface area (Å²) in [5.41, 5.74) is 1.38. The number of aliphatic hydroxyl groups excluding tert-OH is 1. The van der Waals surface area contributed by atoms with Gasteiger partial charge in [-0.2, -0.15) is 9.40 Å². The first-order valence-corrected chi connectivity index (χ1v) is 14.1. The summed E-state index contributed by atoms with van der Waals surface area (Å²) >= 11 is 0. The molecule has 206 valence electrons. The minimum Gasteiger partial charge on any atom is -0.394 e. The first kappa shape index (κ1) is 27.9. The highest BCUT2D eigenvalue weighted by Gasteiger charge is 2.31. The van der Waals surface area contributed by atoms with E-state index in [0.717, 1.165) is 5.69 Å². The van der Waals surface area contributed by atoms with Crippen molar-refractivity contribution in [3.05, 3.63) is 54.6 Å². The number of hydrogen-bond donors (Lipinski definition) is 1. The van der Waals surface area contributed by atoms with Crippen LogP contribution in [0.5, 0.6) is 0 Å². The van der Waals surface area contributed by atoms with Gasteiger partial charge in [-0.1, -0.05) is 12.1 Å². The van der Waals surface area contributed by atoms with Gasteiger partial charge in [0.25, 0.3) is 0 Å². The Morgan fingerprint density at radius 3 is 2.71 bits per heavy atom. The number of aryl methyl sites for hydroxylation is 1. The van der Waals surface area contributed by atoms with E-state index in [0.29, 0.717) is 31.6 Å². The number of fused-ring (bicyclic) bond motifs is 2. The summed E-state index contributed by atoms with van der Waals surface area (Å²) in [6.45, 7) is 4.63. The summed E-state index contributed by atoms with van der Waals surface area (Å²) in [5, 5.41) is 22.2. The van der Waals surface area contributed by atoms with E-state index in [1.807, 2.05) is 6.92 Å². The molecule has 0 aliphatic carbocycles. The molecular weight excluding hydrogens is 510 g/mol. The Bertz CT molecular complexity index is 1290. The molecule has 38 heavy (non-hydrogen) atoms. The predicted octanol–water partition coefficient (Wildman–Crippen LogP) is 1.31. The van der Waals surface area contributed by atoms with Crippen LogP contribution in [-0.4, -0.2) is 92.3 Å².